The fraction of sp³-hybridized carbons (Fsp3) is 0.421. The predicted molar refractivity (Wildman–Crippen MR) is 99.4 cm³/mol. The number of nitrogens with zero attached hydrogens (tertiary/aromatic N) is 6. The minimum atomic E-state index is -0.547. The molecule has 1 fully saturated rings. The quantitative estimate of drug-likeness (QED) is 0.667. The summed E-state index contributed by atoms with van der Waals surface area (Å²) in [6.07, 6.45) is 3.07. The molecule has 9 heteroatoms. The van der Waals surface area contributed by atoms with Gasteiger partial charge in [-0.2, -0.15) is 4.98 Å². The highest BCUT2D eigenvalue weighted by Crippen LogP contribution is 2.23. The second-order valence-corrected chi connectivity index (χ2v) is 6.87. The lowest BCUT2D eigenvalue weighted by molar-refractivity contribution is -0.139. The Bertz CT molecular complexity index is 938. The van der Waals surface area contributed by atoms with Gasteiger partial charge in [-0.15, -0.1) is 5.10 Å². The third-order valence-electron chi connectivity index (χ3n) is 4.75. The lowest BCUT2D eigenvalue weighted by atomic mass is 10.1. The van der Waals surface area contributed by atoms with Crippen LogP contribution in [-0.2, 0) is 4.79 Å². The highest BCUT2D eigenvalue weighted by molar-refractivity contribution is 5.81. The molecule has 0 spiro atoms. The summed E-state index contributed by atoms with van der Waals surface area (Å²) < 4.78 is 12.6. The summed E-state index contributed by atoms with van der Waals surface area (Å²) in [5.74, 6) is 1.56. The molecule has 3 aromatic rings. The molecule has 2 unspecified atom stereocenters. The summed E-state index contributed by atoms with van der Waals surface area (Å²) in [7, 11) is 0. The fourth-order valence-corrected chi connectivity index (χ4v) is 3.34. The third kappa shape index (κ3) is 3.88. The van der Waals surface area contributed by atoms with Crippen LogP contribution < -0.4 is 4.74 Å². The van der Waals surface area contributed by atoms with Crippen molar-refractivity contribution in [3.05, 3.63) is 42.4 Å². The van der Waals surface area contributed by atoms with E-state index in [2.05, 4.69) is 20.5 Å². The standard InChI is InChI=1S/C19H22N6O3/c1-13(27-16-8-4-3-5-9-16)19(26)24-10-6-7-15(11-24)25-12-17(21-23-25)18-20-14(2)28-22-18/h3-5,8-9,12-13,15H,6-7,10-11H2,1-2H3. The Hall–Kier alpha value is -3.23. The van der Waals surface area contributed by atoms with Gasteiger partial charge in [0.1, 0.15) is 5.75 Å². The van der Waals surface area contributed by atoms with E-state index in [0.29, 0.717) is 36.2 Å². The Morgan fingerprint density at radius 1 is 1.32 bits per heavy atom. The number of ether oxygens (including phenoxy) is 1. The number of para-hydroxylation sites is 1. The summed E-state index contributed by atoms with van der Waals surface area (Å²) in [5, 5.41) is 12.2. The molecule has 0 radical (unpaired) electrons. The number of aryl methyl sites for hydroxylation is 1. The second kappa shape index (κ2) is 7.79. The molecule has 0 saturated carbocycles. The number of rotatable bonds is 5. The molecule has 146 valence electrons. The topological polar surface area (TPSA) is 99.2 Å². The van der Waals surface area contributed by atoms with Gasteiger partial charge in [-0.3, -0.25) is 4.79 Å². The zero-order valence-electron chi connectivity index (χ0n) is 15.9. The fourth-order valence-electron chi connectivity index (χ4n) is 3.34. The van der Waals surface area contributed by atoms with E-state index in [1.807, 2.05) is 35.2 Å². The first kappa shape index (κ1) is 18.1. The van der Waals surface area contributed by atoms with E-state index in [0.717, 1.165) is 12.8 Å². The third-order valence-corrected chi connectivity index (χ3v) is 4.75. The molecular weight excluding hydrogens is 360 g/mol. The number of benzene rings is 1. The molecule has 3 heterocycles. The van der Waals surface area contributed by atoms with E-state index in [-0.39, 0.29) is 11.9 Å². The highest BCUT2D eigenvalue weighted by Gasteiger charge is 2.29. The van der Waals surface area contributed by atoms with E-state index in [4.69, 9.17) is 9.26 Å². The molecule has 9 nitrogen and oxygen atoms in total. The monoisotopic (exact) mass is 382 g/mol. The van der Waals surface area contributed by atoms with Crippen molar-refractivity contribution in [3.8, 4) is 17.3 Å². The number of amides is 1. The molecule has 28 heavy (non-hydrogen) atoms. The van der Waals surface area contributed by atoms with Crippen molar-refractivity contribution in [2.45, 2.75) is 38.8 Å². The molecule has 1 aromatic carbocycles. The van der Waals surface area contributed by atoms with Crippen LogP contribution in [0.3, 0.4) is 0 Å². The van der Waals surface area contributed by atoms with E-state index in [1.165, 1.54) is 0 Å². The van der Waals surface area contributed by atoms with Crippen molar-refractivity contribution < 1.29 is 14.1 Å². The smallest absolute Gasteiger partial charge is 0.263 e. The average molecular weight is 382 g/mol. The van der Waals surface area contributed by atoms with Crippen LogP contribution in [0.4, 0.5) is 0 Å². The van der Waals surface area contributed by atoms with Gasteiger partial charge in [0, 0.05) is 20.0 Å². The zero-order valence-corrected chi connectivity index (χ0v) is 15.9. The van der Waals surface area contributed by atoms with Gasteiger partial charge >= 0.3 is 0 Å². The molecule has 1 aliphatic rings. The zero-order chi connectivity index (χ0) is 19.5. The Labute approximate surface area is 162 Å². The molecule has 0 bridgehead atoms. The molecule has 0 N–H and O–H groups in total. The van der Waals surface area contributed by atoms with Crippen molar-refractivity contribution >= 4 is 5.91 Å². The summed E-state index contributed by atoms with van der Waals surface area (Å²) in [6, 6.07) is 9.43. The number of carbonyl (C=O) groups is 1. The predicted octanol–water partition coefficient (Wildman–Crippen LogP) is 2.27. The van der Waals surface area contributed by atoms with Crippen molar-refractivity contribution in [2.75, 3.05) is 13.1 Å². The lowest BCUT2D eigenvalue weighted by Crippen LogP contribution is -2.46. The minimum absolute atomic E-state index is 0.0253. The first-order chi connectivity index (χ1) is 13.6. The second-order valence-electron chi connectivity index (χ2n) is 6.87. The molecule has 0 aliphatic carbocycles. The Morgan fingerprint density at radius 3 is 2.89 bits per heavy atom. The Morgan fingerprint density at radius 2 is 2.14 bits per heavy atom. The lowest BCUT2D eigenvalue weighted by Gasteiger charge is -2.34. The Balaban J connectivity index is 1.41. The number of hydrogen-bond acceptors (Lipinski definition) is 7. The van der Waals surface area contributed by atoms with Crippen LogP contribution in [0.2, 0.25) is 0 Å². The normalized spacial score (nSPS) is 18.1. The molecule has 4 rings (SSSR count). The van der Waals surface area contributed by atoms with Crippen LogP contribution >= 0.6 is 0 Å². The van der Waals surface area contributed by atoms with Crippen LogP contribution in [0.1, 0.15) is 31.7 Å². The van der Waals surface area contributed by atoms with Gasteiger partial charge in [-0.1, -0.05) is 28.6 Å². The van der Waals surface area contributed by atoms with Gasteiger partial charge in [-0.05, 0) is 31.9 Å². The SMILES string of the molecule is Cc1nc(-c2cn(C3CCCN(C(=O)C(C)Oc4ccccc4)C3)nn2)no1. The maximum Gasteiger partial charge on any atom is 0.263 e. The Kier molecular flexibility index (Phi) is 5.05. The van der Waals surface area contributed by atoms with E-state index < -0.39 is 6.10 Å². The molecule has 1 aliphatic heterocycles. The summed E-state index contributed by atoms with van der Waals surface area (Å²) >= 11 is 0. The summed E-state index contributed by atoms with van der Waals surface area (Å²) in [4.78, 5) is 18.8. The number of piperidine rings is 1. The van der Waals surface area contributed by atoms with Crippen molar-refractivity contribution in [1.82, 2.24) is 30.0 Å². The van der Waals surface area contributed by atoms with Gasteiger partial charge in [0.15, 0.2) is 11.8 Å². The van der Waals surface area contributed by atoms with Crippen LogP contribution in [0.25, 0.3) is 11.5 Å². The molecule has 2 aromatic heterocycles. The van der Waals surface area contributed by atoms with Gasteiger partial charge in [0.2, 0.25) is 11.7 Å². The maximum atomic E-state index is 12.8. The molecule has 2 atom stereocenters. The van der Waals surface area contributed by atoms with Crippen molar-refractivity contribution in [3.63, 3.8) is 0 Å². The van der Waals surface area contributed by atoms with Gasteiger partial charge < -0.3 is 14.2 Å². The highest BCUT2D eigenvalue weighted by atomic mass is 16.5. The van der Waals surface area contributed by atoms with Crippen LogP contribution in [0.15, 0.2) is 41.1 Å². The molecule has 1 saturated heterocycles. The van der Waals surface area contributed by atoms with Crippen LogP contribution in [-0.4, -0.2) is 55.1 Å². The average Bonchev–Trinajstić information content (AvgIpc) is 3.37. The number of aromatic nitrogens is 5. The summed E-state index contributed by atoms with van der Waals surface area (Å²) in [6.45, 7) is 4.79. The number of likely N-dealkylation sites (tertiary alicyclic amines) is 1. The first-order valence-corrected chi connectivity index (χ1v) is 9.33. The van der Waals surface area contributed by atoms with Crippen molar-refractivity contribution in [1.29, 1.82) is 0 Å². The summed E-state index contributed by atoms with van der Waals surface area (Å²) in [5.41, 5.74) is 0.557. The van der Waals surface area contributed by atoms with Gasteiger partial charge in [0.25, 0.3) is 5.91 Å². The van der Waals surface area contributed by atoms with E-state index in [1.54, 1.807) is 24.7 Å². The largest absolute Gasteiger partial charge is 0.481 e. The van der Waals surface area contributed by atoms with Gasteiger partial charge in [-0.25, -0.2) is 4.68 Å². The number of carbonyl (C=O) groups excluding carboxylic acids is 1. The van der Waals surface area contributed by atoms with Crippen LogP contribution in [0, 0.1) is 6.92 Å². The minimum Gasteiger partial charge on any atom is -0.481 e. The molecular formula is C19H22N6O3. The van der Waals surface area contributed by atoms with E-state index in [9.17, 15) is 4.79 Å². The van der Waals surface area contributed by atoms with Crippen molar-refractivity contribution in [2.24, 2.45) is 0 Å². The van der Waals surface area contributed by atoms with Crippen LogP contribution in [0.5, 0.6) is 5.75 Å². The maximum absolute atomic E-state index is 12.8. The number of hydrogen-bond donors (Lipinski definition) is 0. The van der Waals surface area contributed by atoms with E-state index >= 15 is 0 Å². The molecule has 1 amide bonds. The first-order valence-electron chi connectivity index (χ1n) is 9.33. The van der Waals surface area contributed by atoms with Gasteiger partial charge in [0.05, 0.1) is 12.2 Å².